The second-order valence-electron chi connectivity index (χ2n) is 1.79. The first kappa shape index (κ1) is 5.88. The molecule has 1 aromatic rings. The van der Waals surface area contributed by atoms with Gasteiger partial charge in [-0.15, -0.1) is 0 Å². The van der Waals surface area contributed by atoms with E-state index in [9.17, 15) is 0 Å². The highest BCUT2D eigenvalue weighted by molar-refractivity contribution is 5.97. The molecule has 48 valence electrons. The molecule has 1 rings (SSSR count). The largest absolute Gasteiger partial charge is 0.411 e. The minimum Gasteiger partial charge on any atom is -0.411 e. The fourth-order valence-corrected chi connectivity index (χ4v) is 0.607. The number of hydrogen-bond acceptors (Lipinski definition) is 2. The van der Waals surface area contributed by atoms with Crippen LogP contribution >= 0.6 is 0 Å². The maximum atomic E-state index is 8.28. The highest BCUT2D eigenvalue weighted by atomic mass is 16.4. The molecule has 9 heavy (non-hydrogen) atoms. The van der Waals surface area contributed by atoms with Crippen LogP contribution in [0.25, 0.3) is 0 Å². The Morgan fingerprint density at radius 2 is 2.56 bits per heavy atom. The van der Waals surface area contributed by atoms with Gasteiger partial charge in [-0.2, -0.15) is 0 Å². The molecule has 1 heterocycles. The van der Waals surface area contributed by atoms with Crippen LogP contribution in [0.4, 0.5) is 0 Å². The van der Waals surface area contributed by atoms with Crippen molar-refractivity contribution >= 4 is 5.71 Å². The van der Waals surface area contributed by atoms with Crippen LogP contribution in [0.3, 0.4) is 0 Å². The first-order chi connectivity index (χ1) is 4.34. The van der Waals surface area contributed by atoms with Crippen LogP contribution in [0.5, 0.6) is 0 Å². The normalized spacial score (nSPS) is 11.9. The topological polar surface area (TPSA) is 48.4 Å². The minimum absolute atomic E-state index is 0.622. The van der Waals surface area contributed by atoms with Crippen molar-refractivity contribution in [2.24, 2.45) is 5.16 Å². The third-order valence-corrected chi connectivity index (χ3v) is 1.17. The van der Waals surface area contributed by atoms with Crippen LogP contribution in [-0.2, 0) is 0 Å². The molecule has 0 fully saturated rings. The first-order valence-corrected chi connectivity index (χ1v) is 2.66. The maximum Gasteiger partial charge on any atom is 0.0852 e. The zero-order chi connectivity index (χ0) is 6.69. The van der Waals surface area contributed by atoms with Crippen molar-refractivity contribution in [3.63, 3.8) is 0 Å². The third-order valence-electron chi connectivity index (χ3n) is 1.17. The van der Waals surface area contributed by atoms with Crippen molar-refractivity contribution in [2.45, 2.75) is 6.92 Å². The van der Waals surface area contributed by atoms with E-state index >= 15 is 0 Å². The maximum absolute atomic E-state index is 8.28. The van der Waals surface area contributed by atoms with Gasteiger partial charge in [0.25, 0.3) is 0 Å². The Bertz CT molecular complexity index is 201. The lowest BCUT2D eigenvalue weighted by atomic mass is 10.2. The Hall–Kier alpha value is -1.25. The Morgan fingerprint density at radius 3 is 3.00 bits per heavy atom. The van der Waals surface area contributed by atoms with Crippen molar-refractivity contribution in [1.82, 2.24) is 4.98 Å². The smallest absolute Gasteiger partial charge is 0.0852 e. The lowest BCUT2D eigenvalue weighted by molar-refractivity contribution is 0.319. The van der Waals surface area contributed by atoms with E-state index in [1.165, 1.54) is 0 Å². The number of aromatic nitrogens is 1. The molecule has 0 unspecified atom stereocenters. The summed E-state index contributed by atoms with van der Waals surface area (Å²) in [6, 6.07) is 1.84. The molecule has 0 spiro atoms. The van der Waals surface area contributed by atoms with Crippen molar-refractivity contribution < 1.29 is 5.21 Å². The summed E-state index contributed by atoms with van der Waals surface area (Å²) in [6.45, 7) is 1.74. The summed E-state index contributed by atoms with van der Waals surface area (Å²) in [5, 5.41) is 11.3. The molecule has 1 aromatic heterocycles. The van der Waals surface area contributed by atoms with Crippen LogP contribution in [0.2, 0.25) is 0 Å². The highest BCUT2D eigenvalue weighted by Gasteiger charge is 1.94. The van der Waals surface area contributed by atoms with Gasteiger partial charge in [-0.3, -0.25) is 0 Å². The van der Waals surface area contributed by atoms with Crippen molar-refractivity contribution in [1.29, 1.82) is 0 Å². The predicted octanol–water partition coefficient (Wildman–Crippen LogP) is 1.21. The third kappa shape index (κ3) is 1.10. The monoisotopic (exact) mass is 124 g/mol. The number of nitrogens with one attached hydrogen (secondary N) is 1. The Kier molecular flexibility index (Phi) is 1.53. The molecule has 0 saturated heterocycles. The van der Waals surface area contributed by atoms with E-state index < -0.39 is 0 Å². The number of oxime groups is 1. The Morgan fingerprint density at radius 1 is 1.78 bits per heavy atom. The van der Waals surface area contributed by atoms with Crippen LogP contribution in [-0.4, -0.2) is 15.9 Å². The van der Waals surface area contributed by atoms with Crippen LogP contribution < -0.4 is 0 Å². The Labute approximate surface area is 53.0 Å². The van der Waals surface area contributed by atoms with Crippen LogP contribution in [0.1, 0.15) is 12.5 Å². The predicted molar refractivity (Wildman–Crippen MR) is 34.8 cm³/mol. The second kappa shape index (κ2) is 2.35. The summed E-state index contributed by atoms with van der Waals surface area (Å²) in [7, 11) is 0. The average Bonchev–Trinajstić information content (AvgIpc) is 2.37. The van der Waals surface area contributed by atoms with Crippen LogP contribution in [0.15, 0.2) is 23.6 Å². The second-order valence-corrected chi connectivity index (χ2v) is 1.79. The van der Waals surface area contributed by atoms with Gasteiger partial charge >= 0.3 is 0 Å². The molecule has 0 amide bonds. The lowest BCUT2D eigenvalue weighted by Gasteiger charge is -1.87. The van der Waals surface area contributed by atoms with Gasteiger partial charge in [0.15, 0.2) is 0 Å². The number of hydrogen-bond donors (Lipinski definition) is 2. The number of aromatic amines is 1. The molecule has 0 atom stereocenters. The zero-order valence-electron chi connectivity index (χ0n) is 5.13. The molecule has 0 saturated carbocycles. The fraction of sp³-hybridized carbons (Fsp3) is 0.167. The van der Waals surface area contributed by atoms with E-state index in [1.807, 2.05) is 6.07 Å². The molecule has 0 bridgehead atoms. The minimum atomic E-state index is 0.622. The SMILES string of the molecule is C/C(=N\O)c1cc[nH]c1. The average molecular weight is 124 g/mol. The summed E-state index contributed by atoms with van der Waals surface area (Å²) < 4.78 is 0. The van der Waals surface area contributed by atoms with Crippen molar-refractivity contribution in [3.8, 4) is 0 Å². The summed E-state index contributed by atoms with van der Waals surface area (Å²) in [4.78, 5) is 2.85. The number of rotatable bonds is 1. The lowest BCUT2D eigenvalue weighted by Crippen LogP contribution is -1.89. The zero-order valence-corrected chi connectivity index (χ0v) is 5.13. The van der Waals surface area contributed by atoms with Gasteiger partial charge in [0, 0.05) is 18.0 Å². The molecular formula is C6H8N2O. The molecule has 3 heteroatoms. The van der Waals surface area contributed by atoms with E-state index in [0.717, 1.165) is 5.56 Å². The van der Waals surface area contributed by atoms with E-state index in [1.54, 1.807) is 19.3 Å². The molecule has 0 aliphatic carbocycles. The number of H-pyrrole nitrogens is 1. The number of nitrogens with zero attached hydrogens (tertiary/aromatic N) is 1. The van der Waals surface area contributed by atoms with E-state index in [4.69, 9.17) is 5.21 Å². The van der Waals surface area contributed by atoms with Crippen molar-refractivity contribution in [2.75, 3.05) is 0 Å². The molecule has 0 aliphatic heterocycles. The van der Waals surface area contributed by atoms with Crippen molar-refractivity contribution in [3.05, 3.63) is 24.0 Å². The first-order valence-electron chi connectivity index (χ1n) is 2.66. The van der Waals surface area contributed by atoms with Gasteiger partial charge in [0.05, 0.1) is 5.71 Å². The highest BCUT2D eigenvalue weighted by Crippen LogP contribution is 1.97. The van der Waals surface area contributed by atoms with Crippen LogP contribution in [0, 0.1) is 0 Å². The van der Waals surface area contributed by atoms with Gasteiger partial charge in [0.2, 0.25) is 0 Å². The van der Waals surface area contributed by atoms with Gasteiger partial charge in [-0.1, -0.05) is 5.16 Å². The summed E-state index contributed by atoms with van der Waals surface area (Å²) in [6.07, 6.45) is 3.55. The molecule has 0 aromatic carbocycles. The standard InChI is InChI=1S/C6H8N2O/c1-5(8-9)6-2-3-7-4-6/h2-4,7,9H,1H3/b8-5+. The van der Waals surface area contributed by atoms with Gasteiger partial charge in [-0.25, -0.2) is 0 Å². The fourth-order valence-electron chi connectivity index (χ4n) is 0.607. The van der Waals surface area contributed by atoms with E-state index in [-0.39, 0.29) is 0 Å². The summed E-state index contributed by atoms with van der Waals surface area (Å²) in [5.74, 6) is 0. The molecule has 0 radical (unpaired) electrons. The Balaban J connectivity index is 2.90. The summed E-state index contributed by atoms with van der Waals surface area (Å²) >= 11 is 0. The van der Waals surface area contributed by atoms with Gasteiger partial charge in [0.1, 0.15) is 0 Å². The van der Waals surface area contributed by atoms with E-state index in [0.29, 0.717) is 5.71 Å². The molecule has 2 N–H and O–H groups in total. The summed E-state index contributed by atoms with van der Waals surface area (Å²) in [5.41, 5.74) is 1.54. The van der Waals surface area contributed by atoms with Gasteiger partial charge < -0.3 is 10.2 Å². The molecular weight excluding hydrogens is 116 g/mol. The molecule has 3 nitrogen and oxygen atoms in total. The molecule has 0 aliphatic rings. The van der Waals surface area contributed by atoms with Gasteiger partial charge in [-0.05, 0) is 13.0 Å². The quantitative estimate of drug-likeness (QED) is 0.330. The van der Waals surface area contributed by atoms with E-state index in [2.05, 4.69) is 10.1 Å².